The third-order valence-corrected chi connectivity index (χ3v) is 5.72. The zero-order chi connectivity index (χ0) is 20.5. The van der Waals surface area contributed by atoms with E-state index in [2.05, 4.69) is 10.2 Å². The first kappa shape index (κ1) is 20.9. The summed E-state index contributed by atoms with van der Waals surface area (Å²) in [7, 11) is 0. The predicted octanol–water partition coefficient (Wildman–Crippen LogP) is 2.98. The highest BCUT2D eigenvalue weighted by atomic mass is 19.4. The molecule has 0 unspecified atom stereocenters. The molecule has 5 nitrogen and oxygen atoms in total. The van der Waals surface area contributed by atoms with Gasteiger partial charge in [-0.05, 0) is 49.1 Å². The van der Waals surface area contributed by atoms with E-state index in [1.54, 1.807) is 0 Å². The summed E-state index contributed by atoms with van der Waals surface area (Å²) in [5.74, 6) is 1.03. The van der Waals surface area contributed by atoms with Gasteiger partial charge >= 0.3 is 6.18 Å². The maximum Gasteiger partial charge on any atom is 0.431 e. The molecule has 2 aliphatic heterocycles. The van der Waals surface area contributed by atoms with E-state index in [-0.39, 0.29) is 12.1 Å². The molecule has 0 atom stereocenters. The monoisotopic (exact) mass is 399 g/mol. The summed E-state index contributed by atoms with van der Waals surface area (Å²) in [6.45, 7) is 6.45. The van der Waals surface area contributed by atoms with Gasteiger partial charge in [0.05, 0.1) is 0 Å². The molecular formula is C20H28F3N3O2. The molecule has 1 saturated carbocycles. The minimum Gasteiger partial charge on any atom is -0.352 e. The van der Waals surface area contributed by atoms with Crippen molar-refractivity contribution in [1.82, 2.24) is 14.8 Å². The number of amides is 1. The first-order chi connectivity index (χ1) is 13.1. The van der Waals surface area contributed by atoms with E-state index in [9.17, 15) is 22.8 Å². The average molecular weight is 399 g/mol. The van der Waals surface area contributed by atoms with Crippen LogP contribution in [0.2, 0.25) is 0 Å². The summed E-state index contributed by atoms with van der Waals surface area (Å²) >= 11 is 0. The third kappa shape index (κ3) is 4.77. The maximum atomic E-state index is 13.4. The lowest BCUT2D eigenvalue weighted by atomic mass is 9.71. The SMILES string of the molecule is CC(C)CCNC(=O)c1ccc(C(F)(F)F)n(CCN2CC3CC(C3)C2)c1=O. The van der Waals surface area contributed by atoms with Gasteiger partial charge in [-0.1, -0.05) is 13.8 Å². The number of carbonyl (C=O) groups is 1. The highest BCUT2D eigenvalue weighted by Gasteiger charge is 2.38. The first-order valence-corrected chi connectivity index (χ1v) is 9.96. The van der Waals surface area contributed by atoms with Gasteiger partial charge in [0, 0.05) is 32.7 Å². The van der Waals surface area contributed by atoms with Crippen LogP contribution in [0.4, 0.5) is 13.2 Å². The molecule has 1 aromatic heterocycles. The molecule has 3 aliphatic rings. The van der Waals surface area contributed by atoms with E-state index >= 15 is 0 Å². The van der Waals surface area contributed by atoms with E-state index in [0.29, 0.717) is 30.8 Å². The van der Waals surface area contributed by atoms with Gasteiger partial charge in [-0.25, -0.2) is 0 Å². The molecule has 1 amide bonds. The minimum absolute atomic E-state index is 0.0692. The lowest BCUT2D eigenvalue weighted by Crippen LogP contribution is -2.50. The standard InChI is InChI=1S/C20H28F3N3O2/c1-13(2)5-6-24-18(27)16-3-4-17(20(21,22)23)26(19(16)28)8-7-25-11-14-9-15(10-14)12-25/h3-4,13-15H,5-12H2,1-2H3,(H,24,27). The van der Waals surface area contributed by atoms with Crippen LogP contribution in [-0.4, -0.2) is 41.6 Å². The van der Waals surface area contributed by atoms with Crippen LogP contribution in [0.25, 0.3) is 0 Å². The van der Waals surface area contributed by atoms with Crippen molar-refractivity contribution in [1.29, 1.82) is 0 Å². The van der Waals surface area contributed by atoms with Crippen LogP contribution in [0.15, 0.2) is 16.9 Å². The molecule has 4 rings (SSSR count). The Bertz CT molecular complexity index is 757. The lowest BCUT2D eigenvalue weighted by molar-refractivity contribution is -0.144. The Morgan fingerprint density at radius 2 is 1.82 bits per heavy atom. The number of aromatic nitrogens is 1. The highest BCUT2D eigenvalue weighted by Crippen LogP contribution is 2.39. The largest absolute Gasteiger partial charge is 0.431 e. The van der Waals surface area contributed by atoms with Gasteiger partial charge in [0.25, 0.3) is 11.5 Å². The van der Waals surface area contributed by atoms with Crippen molar-refractivity contribution >= 4 is 5.91 Å². The Morgan fingerprint density at radius 1 is 1.18 bits per heavy atom. The molecular weight excluding hydrogens is 371 g/mol. The van der Waals surface area contributed by atoms with Crippen molar-refractivity contribution < 1.29 is 18.0 Å². The quantitative estimate of drug-likeness (QED) is 0.767. The maximum absolute atomic E-state index is 13.4. The van der Waals surface area contributed by atoms with Crippen LogP contribution in [0.1, 0.15) is 49.2 Å². The van der Waals surface area contributed by atoms with Crippen LogP contribution in [0.5, 0.6) is 0 Å². The van der Waals surface area contributed by atoms with Crippen LogP contribution < -0.4 is 10.9 Å². The van der Waals surface area contributed by atoms with Crippen LogP contribution in [0.3, 0.4) is 0 Å². The summed E-state index contributed by atoms with van der Waals surface area (Å²) in [6.07, 6.45) is -1.50. The Morgan fingerprint density at radius 3 is 2.39 bits per heavy atom. The van der Waals surface area contributed by atoms with E-state index in [0.717, 1.165) is 36.2 Å². The van der Waals surface area contributed by atoms with E-state index in [1.807, 2.05) is 13.8 Å². The van der Waals surface area contributed by atoms with Gasteiger partial charge in [-0.3, -0.25) is 9.59 Å². The number of nitrogens with zero attached hydrogens (tertiary/aromatic N) is 2. The second-order valence-electron chi connectivity index (χ2n) is 8.49. The van der Waals surface area contributed by atoms with E-state index < -0.39 is 23.3 Å². The summed E-state index contributed by atoms with van der Waals surface area (Å²) in [5, 5.41) is 2.63. The van der Waals surface area contributed by atoms with Crippen molar-refractivity contribution in [3.63, 3.8) is 0 Å². The number of halogens is 3. The van der Waals surface area contributed by atoms with E-state index in [1.165, 1.54) is 12.8 Å². The predicted molar refractivity (Wildman–Crippen MR) is 100 cm³/mol. The van der Waals surface area contributed by atoms with Crippen molar-refractivity contribution in [2.75, 3.05) is 26.2 Å². The number of hydrogen-bond donors (Lipinski definition) is 1. The van der Waals surface area contributed by atoms with Crippen molar-refractivity contribution in [3.8, 4) is 0 Å². The molecule has 0 aromatic carbocycles. The third-order valence-electron chi connectivity index (χ3n) is 5.72. The summed E-state index contributed by atoms with van der Waals surface area (Å²) in [5.41, 5.74) is -2.12. The molecule has 3 heterocycles. The second-order valence-corrected chi connectivity index (χ2v) is 8.49. The number of piperidine rings is 2. The Balaban J connectivity index is 1.76. The Kier molecular flexibility index (Phi) is 6.17. The fourth-order valence-electron chi connectivity index (χ4n) is 4.19. The molecule has 0 radical (unpaired) electrons. The number of fused-ring (bicyclic) bond motifs is 2. The molecule has 28 heavy (non-hydrogen) atoms. The number of nitrogens with one attached hydrogen (secondary N) is 1. The van der Waals surface area contributed by atoms with Gasteiger partial charge in [-0.15, -0.1) is 0 Å². The van der Waals surface area contributed by atoms with Gasteiger partial charge in [0.2, 0.25) is 0 Å². The second kappa shape index (κ2) is 8.27. The Hall–Kier alpha value is -1.83. The normalized spacial score (nSPS) is 22.2. The topological polar surface area (TPSA) is 54.3 Å². The van der Waals surface area contributed by atoms with Gasteiger partial charge in [-0.2, -0.15) is 13.2 Å². The smallest absolute Gasteiger partial charge is 0.352 e. The van der Waals surface area contributed by atoms with E-state index in [4.69, 9.17) is 0 Å². The van der Waals surface area contributed by atoms with Crippen LogP contribution in [-0.2, 0) is 12.7 Å². The molecule has 1 aliphatic carbocycles. The highest BCUT2D eigenvalue weighted by molar-refractivity contribution is 5.93. The van der Waals surface area contributed by atoms with Crippen molar-refractivity contribution in [3.05, 3.63) is 33.7 Å². The first-order valence-electron chi connectivity index (χ1n) is 9.96. The lowest BCUT2D eigenvalue weighted by Gasteiger charge is -2.47. The molecule has 0 spiro atoms. The Labute approximate surface area is 162 Å². The van der Waals surface area contributed by atoms with Gasteiger partial charge in [0.1, 0.15) is 11.3 Å². The fraction of sp³-hybridized carbons (Fsp3) is 0.700. The number of pyridine rings is 1. The van der Waals surface area contributed by atoms with Gasteiger partial charge in [0.15, 0.2) is 0 Å². The van der Waals surface area contributed by atoms with Gasteiger partial charge < -0.3 is 14.8 Å². The average Bonchev–Trinajstić information content (AvgIpc) is 2.58. The molecule has 156 valence electrons. The molecule has 8 heteroatoms. The molecule has 1 N–H and O–H groups in total. The number of hydrogen-bond acceptors (Lipinski definition) is 3. The molecule has 3 fully saturated rings. The zero-order valence-corrected chi connectivity index (χ0v) is 16.4. The van der Waals surface area contributed by atoms with Crippen molar-refractivity contribution in [2.45, 2.75) is 45.8 Å². The number of rotatable bonds is 7. The molecule has 1 aromatic rings. The minimum atomic E-state index is -4.64. The summed E-state index contributed by atoms with van der Waals surface area (Å²) < 4.78 is 41.0. The van der Waals surface area contributed by atoms with Crippen molar-refractivity contribution in [2.24, 2.45) is 17.8 Å². The zero-order valence-electron chi connectivity index (χ0n) is 16.4. The fourth-order valence-corrected chi connectivity index (χ4v) is 4.19. The summed E-state index contributed by atoms with van der Waals surface area (Å²) in [6, 6.07) is 1.83. The molecule has 2 saturated heterocycles. The van der Waals surface area contributed by atoms with Crippen LogP contribution >= 0.6 is 0 Å². The van der Waals surface area contributed by atoms with Crippen LogP contribution in [0, 0.1) is 17.8 Å². The number of alkyl halides is 3. The number of carbonyl (C=O) groups excluding carboxylic acids is 1. The summed E-state index contributed by atoms with van der Waals surface area (Å²) in [4.78, 5) is 27.1. The molecule has 2 bridgehead atoms.